The number of aliphatic carboxylic acids is 1. The maximum atomic E-state index is 12.8. The van der Waals surface area contributed by atoms with Gasteiger partial charge in [-0.15, -0.1) is 11.3 Å². The fourth-order valence-corrected chi connectivity index (χ4v) is 2.84. The molecule has 1 atom stereocenters. The van der Waals surface area contributed by atoms with E-state index in [1.165, 1.54) is 23.5 Å². The van der Waals surface area contributed by atoms with Gasteiger partial charge < -0.3 is 10.4 Å². The van der Waals surface area contributed by atoms with Gasteiger partial charge in [-0.05, 0) is 36.8 Å². The molecule has 1 aromatic heterocycles. The van der Waals surface area contributed by atoms with Gasteiger partial charge in [0.05, 0.1) is 6.42 Å². The largest absolute Gasteiger partial charge is 0.481 e. The van der Waals surface area contributed by atoms with Crippen molar-refractivity contribution in [1.82, 2.24) is 5.32 Å². The highest BCUT2D eigenvalue weighted by atomic mass is 32.1. The van der Waals surface area contributed by atoms with Crippen LogP contribution < -0.4 is 5.32 Å². The van der Waals surface area contributed by atoms with E-state index in [1.807, 2.05) is 19.1 Å². The highest BCUT2D eigenvalue weighted by Crippen LogP contribution is 2.19. The van der Waals surface area contributed by atoms with Crippen molar-refractivity contribution < 1.29 is 14.3 Å². The summed E-state index contributed by atoms with van der Waals surface area (Å²) in [6.45, 7) is 2.68. The zero-order chi connectivity index (χ0) is 14.5. The van der Waals surface area contributed by atoms with Crippen LogP contribution in [0.25, 0.3) is 0 Å². The first kappa shape index (κ1) is 14.7. The Morgan fingerprint density at radius 1 is 1.25 bits per heavy atom. The molecule has 1 aromatic carbocycles. The van der Waals surface area contributed by atoms with Crippen molar-refractivity contribution in [3.05, 3.63) is 57.5 Å². The van der Waals surface area contributed by atoms with Gasteiger partial charge in [-0.25, -0.2) is 4.39 Å². The molecule has 20 heavy (non-hydrogen) atoms. The number of rotatable bonds is 6. The van der Waals surface area contributed by atoms with Crippen molar-refractivity contribution >= 4 is 17.3 Å². The second-order valence-corrected chi connectivity index (χ2v) is 5.85. The third-order valence-electron chi connectivity index (χ3n) is 3.00. The predicted molar refractivity (Wildman–Crippen MR) is 77.3 cm³/mol. The zero-order valence-electron chi connectivity index (χ0n) is 11.1. The van der Waals surface area contributed by atoms with E-state index in [-0.39, 0.29) is 18.3 Å². The Labute approximate surface area is 121 Å². The first-order chi connectivity index (χ1) is 9.54. The number of thiophene rings is 1. The summed E-state index contributed by atoms with van der Waals surface area (Å²) in [7, 11) is 0. The van der Waals surface area contributed by atoms with E-state index in [2.05, 4.69) is 5.32 Å². The lowest BCUT2D eigenvalue weighted by atomic mass is 10.1. The van der Waals surface area contributed by atoms with Crippen LogP contribution in [0.3, 0.4) is 0 Å². The van der Waals surface area contributed by atoms with Gasteiger partial charge in [0.1, 0.15) is 5.82 Å². The van der Waals surface area contributed by atoms with E-state index in [9.17, 15) is 9.18 Å². The maximum Gasteiger partial charge on any atom is 0.308 e. The molecule has 0 bridgehead atoms. The summed E-state index contributed by atoms with van der Waals surface area (Å²) in [5.74, 6) is -1.05. The van der Waals surface area contributed by atoms with Gasteiger partial charge in [0, 0.05) is 22.3 Å². The number of carbonyl (C=O) groups is 1. The third kappa shape index (κ3) is 4.15. The molecule has 0 aliphatic carbocycles. The average Bonchev–Trinajstić information content (AvgIpc) is 2.83. The lowest BCUT2D eigenvalue weighted by Crippen LogP contribution is -2.17. The Hall–Kier alpha value is -1.72. The molecule has 0 saturated carbocycles. The van der Waals surface area contributed by atoms with Gasteiger partial charge in [0.15, 0.2) is 0 Å². The Kier molecular flexibility index (Phi) is 4.87. The van der Waals surface area contributed by atoms with Crippen LogP contribution in [0.1, 0.15) is 28.3 Å². The molecule has 0 amide bonds. The smallest absolute Gasteiger partial charge is 0.308 e. The Balaban J connectivity index is 1.89. The van der Waals surface area contributed by atoms with Crippen LogP contribution in [-0.2, 0) is 17.8 Å². The molecule has 3 nitrogen and oxygen atoms in total. The summed E-state index contributed by atoms with van der Waals surface area (Å²) in [6.07, 6.45) is 0.0676. The molecule has 0 aliphatic heterocycles. The molecule has 0 saturated heterocycles. The highest BCUT2D eigenvalue weighted by Gasteiger charge is 2.07. The topological polar surface area (TPSA) is 49.3 Å². The second kappa shape index (κ2) is 6.63. The number of hydrogen-bond donors (Lipinski definition) is 2. The molecular formula is C15H16FNO2S. The average molecular weight is 293 g/mol. The van der Waals surface area contributed by atoms with Crippen LogP contribution >= 0.6 is 11.3 Å². The number of nitrogens with one attached hydrogen (secondary N) is 1. The standard InChI is InChI=1S/C15H16FNO2S/c1-10(11-2-4-12(16)5-3-11)17-9-14-7-6-13(20-14)8-15(18)19/h2-7,10,17H,8-9H2,1H3,(H,18,19)/t10-/m0/s1. The fourth-order valence-electron chi connectivity index (χ4n) is 1.88. The van der Waals surface area contributed by atoms with Crippen molar-refractivity contribution in [3.63, 3.8) is 0 Å². The van der Waals surface area contributed by atoms with Crippen molar-refractivity contribution in [2.75, 3.05) is 0 Å². The summed E-state index contributed by atoms with van der Waals surface area (Å²) in [4.78, 5) is 12.6. The molecule has 0 radical (unpaired) electrons. The SMILES string of the molecule is C[C@H](NCc1ccc(CC(=O)O)s1)c1ccc(F)cc1. The summed E-state index contributed by atoms with van der Waals surface area (Å²) in [5, 5.41) is 12.1. The summed E-state index contributed by atoms with van der Waals surface area (Å²) >= 11 is 1.50. The first-order valence-electron chi connectivity index (χ1n) is 6.33. The van der Waals surface area contributed by atoms with Crippen molar-refractivity contribution in [2.45, 2.75) is 25.9 Å². The monoisotopic (exact) mass is 293 g/mol. The van der Waals surface area contributed by atoms with Gasteiger partial charge in [-0.3, -0.25) is 4.79 Å². The molecule has 1 heterocycles. The minimum absolute atomic E-state index is 0.0676. The number of carboxylic acids is 1. The van der Waals surface area contributed by atoms with Gasteiger partial charge in [0.2, 0.25) is 0 Å². The molecule has 0 fully saturated rings. The van der Waals surface area contributed by atoms with E-state index < -0.39 is 5.97 Å². The zero-order valence-corrected chi connectivity index (χ0v) is 11.9. The maximum absolute atomic E-state index is 12.8. The minimum Gasteiger partial charge on any atom is -0.481 e. The molecule has 106 valence electrons. The normalized spacial score (nSPS) is 12.3. The Morgan fingerprint density at radius 3 is 2.55 bits per heavy atom. The van der Waals surface area contributed by atoms with Crippen LogP contribution in [-0.4, -0.2) is 11.1 Å². The van der Waals surface area contributed by atoms with Gasteiger partial charge in [-0.2, -0.15) is 0 Å². The summed E-state index contributed by atoms with van der Waals surface area (Å²) in [6, 6.07) is 10.3. The van der Waals surface area contributed by atoms with Crippen LogP contribution in [0, 0.1) is 5.82 Å². The fraction of sp³-hybridized carbons (Fsp3) is 0.267. The number of halogens is 1. The van der Waals surface area contributed by atoms with Crippen LogP contribution in [0.4, 0.5) is 4.39 Å². The molecule has 2 N–H and O–H groups in total. The lowest BCUT2D eigenvalue weighted by Gasteiger charge is -2.13. The van der Waals surface area contributed by atoms with Gasteiger partial charge in [0.25, 0.3) is 0 Å². The molecule has 0 unspecified atom stereocenters. The number of benzene rings is 1. The number of hydrogen-bond acceptors (Lipinski definition) is 3. The van der Waals surface area contributed by atoms with Crippen LogP contribution in [0.15, 0.2) is 36.4 Å². The molecular weight excluding hydrogens is 277 g/mol. The summed E-state index contributed by atoms with van der Waals surface area (Å²) in [5.41, 5.74) is 1.02. The predicted octanol–water partition coefficient (Wildman–Crippen LogP) is 3.37. The van der Waals surface area contributed by atoms with E-state index in [0.717, 1.165) is 15.3 Å². The number of carboxylic acid groups (broad SMARTS) is 1. The Morgan fingerprint density at radius 2 is 1.90 bits per heavy atom. The van der Waals surface area contributed by atoms with E-state index in [0.29, 0.717) is 6.54 Å². The molecule has 2 rings (SSSR count). The van der Waals surface area contributed by atoms with Crippen LogP contribution in [0.5, 0.6) is 0 Å². The van der Waals surface area contributed by atoms with E-state index >= 15 is 0 Å². The first-order valence-corrected chi connectivity index (χ1v) is 7.14. The lowest BCUT2D eigenvalue weighted by molar-refractivity contribution is -0.136. The van der Waals surface area contributed by atoms with E-state index in [1.54, 1.807) is 12.1 Å². The molecule has 0 spiro atoms. The van der Waals surface area contributed by atoms with Crippen LogP contribution in [0.2, 0.25) is 0 Å². The Bertz CT molecular complexity index is 580. The van der Waals surface area contributed by atoms with Crippen molar-refractivity contribution in [3.8, 4) is 0 Å². The molecule has 0 aliphatic rings. The molecule has 5 heteroatoms. The van der Waals surface area contributed by atoms with Crippen molar-refractivity contribution in [2.24, 2.45) is 0 Å². The van der Waals surface area contributed by atoms with E-state index in [4.69, 9.17) is 5.11 Å². The van der Waals surface area contributed by atoms with Gasteiger partial charge in [-0.1, -0.05) is 12.1 Å². The minimum atomic E-state index is -0.814. The molecule has 2 aromatic rings. The third-order valence-corrected chi connectivity index (χ3v) is 4.08. The van der Waals surface area contributed by atoms with Gasteiger partial charge >= 0.3 is 5.97 Å². The van der Waals surface area contributed by atoms with Crippen molar-refractivity contribution in [1.29, 1.82) is 0 Å². The second-order valence-electron chi connectivity index (χ2n) is 4.59. The highest BCUT2D eigenvalue weighted by molar-refractivity contribution is 7.12. The summed E-state index contributed by atoms with van der Waals surface area (Å²) < 4.78 is 12.8. The quantitative estimate of drug-likeness (QED) is 0.858.